The molecular formula is C10HBr19. The molecule has 0 aliphatic heterocycles. The maximum absolute atomic E-state index is 4.09. The minimum absolute atomic E-state index is 0.380. The van der Waals surface area contributed by atoms with Gasteiger partial charge in [0.1, 0.15) is 18.3 Å². The van der Waals surface area contributed by atoms with Gasteiger partial charge in [0.05, 0.1) is 9.15 Å². The van der Waals surface area contributed by atoms with E-state index >= 15 is 0 Å². The second kappa shape index (κ2) is 11.1. The molecular weight excluding hydrogens is 1640 g/mol. The standard InChI is InChI=1S/C10HBr19/c11-1-2(12,4(15,8(21,22)23)9(24,25)26)6(17,18)7(19,20)5(16,3(1,13)14)10(27,28)29/h1H. The normalized spacial score (nSPS) is 35.5. The zero-order valence-electron chi connectivity index (χ0n) is 12.3. The lowest BCUT2D eigenvalue weighted by Gasteiger charge is -2.71. The third-order valence-electron chi connectivity index (χ3n) is 4.08. The first-order valence-electron chi connectivity index (χ1n) is 6.20. The third kappa shape index (κ3) is 5.28. The third-order valence-corrected chi connectivity index (χ3v) is 35.5. The lowest BCUT2D eigenvalue weighted by atomic mass is 9.76. The van der Waals surface area contributed by atoms with Gasteiger partial charge < -0.3 is 0 Å². The van der Waals surface area contributed by atoms with Crippen molar-refractivity contribution in [2.75, 3.05) is 0 Å². The first-order valence-corrected chi connectivity index (χ1v) is 21.4. The molecule has 0 nitrogen and oxygen atoms in total. The van der Waals surface area contributed by atoms with Crippen molar-refractivity contribution in [3.05, 3.63) is 0 Å². The van der Waals surface area contributed by atoms with E-state index in [-0.39, 0.29) is 4.83 Å². The highest BCUT2D eigenvalue weighted by Crippen LogP contribution is 2.85. The number of halogens is 19. The van der Waals surface area contributed by atoms with Crippen molar-refractivity contribution in [1.82, 2.24) is 0 Å². The van der Waals surface area contributed by atoms with Crippen LogP contribution in [-0.2, 0) is 0 Å². The zero-order valence-corrected chi connectivity index (χ0v) is 42.4. The molecule has 0 saturated heterocycles. The molecule has 0 bridgehead atoms. The quantitative estimate of drug-likeness (QED) is 0.230. The molecule has 29 heavy (non-hydrogen) atoms. The fraction of sp³-hybridized carbons (Fsp3) is 1.00. The number of hydrogen-bond donors (Lipinski definition) is 0. The van der Waals surface area contributed by atoms with Crippen LogP contribution in [0.3, 0.4) is 0 Å². The molecule has 0 N–H and O–H groups in total. The first kappa shape index (κ1) is 36.1. The van der Waals surface area contributed by atoms with E-state index in [1.807, 2.05) is 0 Å². The summed E-state index contributed by atoms with van der Waals surface area (Å²) in [5, 5.41) is 0. The molecule has 3 atom stereocenters. The van der Waals surface area contributed by atoms with Gasteiger partial charge in [-0.15, -0.1) is 0 Å². The first-order chi connectivity index (χ1) is 12.2. The Kier molecular flexibility index (Phi) is 13.8. The van der Waals surface area contributed by atoms with Crippen molar-refractivity contribution < 1.29 is 0 Å². The van der Waals surface area contributed by atoms with Gasteiger partial charge in [-0.25, -0.2) is 0 Å². The van der Waals surface area contributed by atoms with Gasteiger partial charge in [0, 0.05) is 0 Å². The van der Waals surface area contributed by atoms with Crippen LogP contribution < -0.4 is 0 Å². The van der Waals surface area contributed by atoms with Gasteiger partial charge in [-0.05, 0) is 0 Å². The van der Waals surface area contributed by atoms with Gasteiger partial charge in [0.15, 0.2) is 6.43 Å². The Labute approximate surface area is 329 Å². The monoisotopic (exact) mass is 1620 g/mol. The van der Waals surface area contributed by atoms with Crippen LogP contribution in [0.1, 0.15) is 0 Å². The van der Waals surface area contributed by atoms with Crippen molar-refractivity contribution in [1.29, 1.82) is 0 Å². The van der Waals surface area contributed by atoms with Crippen molar-refractivity contribution >= 4 is 303 Å². The zero-order chi connectivity index (χ0) is 24.1. The van der Waals surface area contributed by atoms with E-state index in [1.165, 1.54) is 0 Å². The van der Waals surface area contributed by atoms with E-state index in [4.69, 9.17) is 0 Å². The SMILES string of the molecule is BrC1C(Br)(Br)C(Br)(C(Br)(Br)Br)C(Br)(Br)C(Br)(Br)C1(Br)C(Br)(C(Br)(Br)Br)C(Br)(Br)Br. The summed E-state index contributed by atoms with van der Waals surface area (Å²) >= 11 is 73.3. The van der Waals surface area contributed by atoms with Gasteiger partial charge in [-0.3, -0.25) is 0 Å². The maximum Gasteiger partial charge on any atom is 0.154 e. The average Bonchev–Trinajstić information content (AvgIpc) is 2.46. The van der Waals surface area contributed by atoms with Gasteiger partial charge >= 0.3 is 0 Å². The summed E-state index contributed by atoms with van der Waals surface area (Å²) in [6, 6.07) is 0. The molecule has 1 fully saturated rings. The Morgan fingerprint density at radius 1 is 0.517 bits per heavy atom. The predicted octanol–water partition coefficient (Wildman–Crippen LogP) is 14.1. The topological polar surface area (TPSA) is 0 Å². The second-order valence-corrected chi connectivity index (χ2v) is 40.9. The molecule has 0 spiro atoms. The highest BCUT2D eigenvalue weighted by Gasteiger charge is 2.89. The summed E-state index contributed by atoms with van der Waals surface area (Å²) < 4.78 is -8.05. The molecule has 1 aliphatic carbocycles. The molecule has 0 radical (unpaired) electrons. The Hall–Kier alpha value is 9.12. The molecule has 1 aliphatic rings. The van der Waals surface area contributed by atoms with Crippen LogP contribution in [0, 0.1) is 0 Å². The van der Waals surface area contributed by atoms with Crippen LogP contribution in [0.2, 0.25) is 0 Å². The fourth-order valence-electron chi connectivity index (χ4n) is 2.57. The van der Waals surface area contributed by atoms with Crippen molar-refractivity contribution in [3.8, 4) is 0 Å². The number of alkyl halides is 19. The van der Waals surface area contributed by atoms with Crippen LogP contribution >= 0.6 is 303 Å². The van der Waals surface area contributed by atoms with Crippen LogP contribution in [0.5, 0.6) is 0 Å². The lowest BCUT2D eigenvalue weighted by molar-refractivity contribution is 0.323. The van der Waals surface area contributed by atoms with E-state index in [0.29, 0.717) is 0 Å². The summed E-state index contributed by atoms with van der Waals surface area (Å²) in [6.45, 7) is 0. The Morgan fingerprint density at radius 3 is 1.07 bits per heavy atom. The molecule has 3 unspecified atom stereocenters. The number of rotatable bonds is 1. The lowest BCUT2D eigenvalue weighted by Crippen LogP contribution is -2.85. The van der Waals surface area contributed by atoms with Crippen molar-refractivity contribution in [2.24, 2.45) is 0 Å². The van der Waals surface area contributed by atoms with E-state index < -0.39 is 29.1 Å². The predicted molar refractivity (Wildman–Crippen MR) is 198 cm³/mol. The highest BCUT2D eigenvalue weighted by molar-refractivity contribution is 9.42. The van der Waals surface area contributed by atoms with E-state index in [9.17, 15) is 0 Å². The Morgan fingerprint density at radius 2 is 0.828 bits per heavy atom. The largest absolute Gasteiger partial charge is 0.154 e. The summed E-state index contributed by atoms with van der Waals surface area (Å²) in [7, 11) is 0. The summed E-state index contributed by atoms with van der Waals surface area (Å²) in [5.41, 5.74) is 0. The van der Waals surface area contributed by atoms with E-state index in [1.54, 1.807) is 0 Å². The molecule has 0 aromatic rings. The molecule has 174 valence electrons. The average molecular weight is 1640 g/mol. The molecule has 1 rings (SSSR count). The molecule has 1 saturated carbocycles. The molecule has 0 aromatic carbocycles. The summed E-state index contributed by atoms with van der Waals surface area (Å²) in [4.78, 5) is -0.380. The fourth-order valence-corrected chi connectivity index (χ4v) is 28.4. The van der Waals surface area contributed by atoms with Crippen molar-refractivity contribution in [3.63, 3.8) is 0 Å². The maximum atomic E-state index is 4.09. The van der Waals surface area contributed by atoms with Crippen LogP contribution in [0.15, 0.2) is 0 Å². The van der Waals surface area contributed by atoms with Crippen LogP contribution in [0.4, 0.5) is 0 Å². The smallest absolute Gasteiger partial charge is 0.0849 e. The summed E-state index contributed by atoms with van der Waals surface area (Å²) in [5.74, 6) is 0. The minimum atomic E-state index is -0.956. The van der Waals surface area contributed by atoms with Gasteiger partial charge in [0.2, 0.25) is 0 Å². The Bertz CT molecular complexity index is 635. The van der Waals surface area contributed by atoms with Gasteiger partial charge in [-0.2, -0.15) is 0 Å². The number of hydrogen-bond acceptors (Lipinski definition) is 0. The van der Waals surface area contributed by atoms with E-state index in [2.05, 4.69) is 303 Å². The molecule has 19 heteroatoms. The minimum Gasteiger partial charge on any atom is -0.0849 e. The van der Waals surface area contributed by atoms with Gasteiger partial charge in [0.25, 0.3) is 0 Å². The van der Waals surface area contributed by atoms with E-state index in [0.717, 1.165) is 0 Å². The Balaban J connectivity index is 4.23. The molecule has 0 aromatic heterocycles. The molecule has 0 amide bonds. The second-order valence-electron chi connectivity index (χ2n) is 5.66. The van der Waals surface area contributed by atoms with Crippen LogP contribution in [0.25, 0.3) is 0 Å². The summed E-state index contributed by atoms with van der Waals surface area (Å²) in [6.07, 6.45) is 0. The van der Waals surface area contributed by atoms with Gasteiger partial charge in [-0.1, -0.05) is 303 Å². The van der Waals surface area contributed by atoms with Crippen LogP contribution in [-0.4, -0.2) is 33.9 Å². The van der Waals surface area contributed by atoms with Crippen molar-refractivity contribution in [2.45, 2.75) is 33.9 Å². The highest BCUT2D eigenvalue weighted by atomic mass is 80.0. The molecule has 0 heterocycles.